The Morgan fingerprint density at radius 2 is 1.92 bits per heavy atom. The zero-order valence-electron chi connectivity index (χ0n) is 8.13. The summed E-state index contributed by atoms with van der Waals surface area (Å²) in [4.78, 5) is 11.7. The second-order valence-electron chi connectivity index (χ2n) is 4.32. The second kappa shape index (κ2) is 4.23. The third kappa shape index (κ3) is 2.31. The van der Waals surface area contributed by atoms with E-state index in [-0.39, 0.29) is 6.10 Å². The summed E-state index contributed by atoms with van der Waals surface area (Å²) < 4.78 is 5.38. The maximum absolute atomic E-state index is 11.7. The van der Waals surface area contributed by atoms with E-state index in [2.05, 4.69) is 0 Å². The van der Waals surface area contributed by atoms with Gasteiger partial charge < -0.3 is 4.74 Å². The highest BCUT2D eigenvalue weighted by Gasteiger charge is 2.26. The van der Waals surface area contributed by atoms with E-state index in [1.54, 1.807) is 0 Å². The van der Waals surface area contributed by atoms with E-state index < -0.39 is 0 Å². The molecule has 0 aromatic carbocycles. The molecule has 2 rings (SSSR count). The van der Waals surface area contributed by atoms with Gasteiger partial charge in [-0.2, -0.15) is 0 Å². The Labute approximate surface area is 79.7 Å². The van der Waals surface area contributed by atoms with Gasteiger partial charge in [0.05, 0.1) is 0 Å². The predicted molar refractivity (Wildman–Crippen MR) is 50.6 cm³/mol. The van der Waals surface area contributed by atoms with Gasteiger partial charge in [-0.15, -0.1) is 0 Å². The van der Waals surface area contributed by atoms with E-state index in [0.717, 1.165) is 25.9 Å². The first-order valence-electron chi connectivity index (χ1n) is 5.50. The van der Waals surface area contributed by atoms with Crippen molar-refractivity contribution in [1.82, 2.24) is 0 Å². The van der Waals surface area contributed by atoms with Crippen molar-refractivity contribution in [2.45, 2.75) is 51.0 Å². The Hall–Kier alpha value is -0.370. The van der Waals surface area contributed by atoms with Crippen molar-refractivity contribution in [2.75, 3.05) is 6.61 Å². The van der Waals surface area contributed by atoms with E-state index in [9.17, 15) is 4.79 Å². The van der Waals surface area contributed by atoms with Crippen LogP contribution in [0.25, 0.3) is 0 Å². The number of rotatable bonds is 3. The van der Waals surface area contributed by atoms with Gasteiger partial charge in [-0.3, -0.25) is 4.79 Å². The highest BCUT2D eigenvalue weighted by Crippen LogP contribution is 2.29. The van der Waals surface area contributed by atoms with E-state index in [1.807, 2.05) is 0 Å². The summed E-state index contributed by atoms with van der Waals surface area (Å²) in [6, 6.07) is 0. The third-order valence-corrected chi connectivity index (χ3v) is 3.25. The van der Waals surface area contributed by atoms with Crippen molar-refractivity contribution in [3.05, 3.63) is 0 Å². The summed E-state index contributed by atoms with van der Waals surface area (Å²) in [7, 11) is 0. The van der Waals surface area contributed by atoms with E-state index in [1.165, 1.54) is 25.7 Å². The van der Waals surface area contributed by atoms with Crippen molar-refractivity contribution in [3.63, 3.8) is 0 Å². The van der Waals surface area contributed by atoms with Crippen LogP contribution in [0.15, 0.2) is 0 Å². The smallest absolute Gasteiger partial charge is 0.161 e. The Morgan fingerprint density at radius 3 is 2.54 bits per heavy atom. The van der Waals surface area contributed by atoms with Crippen LogP contribution in [0.2, 0.25) is 0 Å². The molecule has 1 atom stereocenters. The van der Waals surface area contributed by atoms with Gasteiger partial charge in [-0.1, -0.05) is 25.7 Å². The van der Waals surface area contributed by atoms with Gasteiger partial charge in [-0.05, 0) is 18.8 Å². The lowest BCUT2D eigenvalue weighted by Gasteiger charge is -2.11. The monoisotopic (exact) mass is 182 g/mol. The van der Waals surface area contributed by atoms with E-state index in [4.69, 9.17) is 4.74 Å². The molecule has 2 fully saturated rings. The second-order valence-corrected chi connectivity index (χ2v) is 4.32. The van der Waals surface area contributed by atoms with Crippen molar-refractivity contribution in [3.8, 4) is 0 Å². The van der Waals surface area contributed by atoms with Crippen LogP contribution in [0.4, 0.5) is 0 Å². The summed E-state index contributed by atoms with van der Waals surface area (Å²) in [5.74, 6) is 1.04. The maximum atomic E-state index is 11.7. The molecule has 1 saturated carbocycles. The normalized spacial score (nSPS) is 29.7. The first kappa shape index (κ1) is 9.20. The van der Waals surface area contributed by atoms with Crippen LogP contribution in [0.3, 0.4) is 0 Å². The number of carbonyl (C=O) groups excluding carboxylic acids is 1. The molecule has 13 heavy (non-hydrogen) atoms. The molecule has 74 valence electrons. The molecule has 1 unspecified atom stereocenters. The van der Waals surface area contributed by atoms with Crippen molar-refractivity contribution < 1.29 is 9.53 Å². The molecule has 0 radical (unpaired) electrons. The minimum atomic E-state index is -0.0411. The van der Waals surface area contributed by atoms with Crippen molar-refractivity contribution in [1.29, 1.82) is 0 Å². The molecule has 0 bridgehead atoms. The zero-order valence-corrected chi connectivity index (χ0v) is 8.13. The van der Waals surface area contributed by atoms with Crippen LogP contribution in [0.5, 0.6) is 0 Å². The molecule has 1 aliphatic carbocycles. The summed E-state index contributed by atoms with van der Waals surface area (Å²) in [6.45, 7) is 0.793. The molecule has 0 spiro atoms. The Balaban J connectivity index is 1.76. The fourth-order valence-corrected chi connectivity index (χ4v) is 2.46. The van der Waals surface area contributed by atoms with Gasteiger partial charge in [-0.25, -0.2) is 0 Å². The van der Waals surface area contributed by atoms with E-state index in [0.29, 0.717) is 11.7 Å². The summed E-state index contributed by atoms with van der Waals surface area (Å²) in [5, 5.41) is 0. The molecular weight excluding hydrogens is 164 g/mol. The number of Topliss-reactive ketones (excluding diaryl/α,β-unsaturated/α-hetero) is 1. The molecule has 0 amide bonds. The van der Waals surface area contributed by atoms with Crippen molar-refractivity contribution in [2.24, 2.45) is 5.92 Å². The minimum Gasteiger partial charge on any atom is -0.370 e. The van der Waals surface area contributed by atoms with Gasteiger partial charge in [0.2, 0.25) is 0 Å². The molecule has 1 saturated heterocycles. The molecule has 0 aromatic rings. The molecule has 0 N–H and O–H groups in total. The Kier molecular flexibility index (Phi) is 2.99. The fourth-order valence-electron chi connectivity index (χ4n) is 2.46. The lowest BCUT2D eigenvalue weighted by molar-refractivity contribution is -0.128. The maximum Gasteiger partial charge on any atom is 0.161 e. The van der Waals surface area contributed by atoms with Crippen LogP contribution < -0.4 is 0 Å². The predicted octanol–water partition coefficient (Wildman–Crippen LogP) is 2.31. The zero-order chi connectivity index (χ0) is 9.10. The molecule has 0 aromatic heterocycles. The summed E-state index contributed by atoms with van der Waals surface area (Å²) in [5.41, 5.74) is 0. The average Bonchev–Trinajstić information content (AvgIpc) is 2.74. The van der Waals surface area contributed by atoms with E-state index >= 15 is 0 Å². The topological polar surface area (TPSA) is 26.3 Å². The van der Waals surface area contributed by atoms with Gasteiger partial charge >= 0.3 is 0 Å². The third-order valence-electron chi connectivity index (χ3n) is 3.25. The molecular formula is C11H18O2. The quantitative estimate of drug-likeness (QED) is 0.669. The van der Waals surface area contributed by atoms with Crippen LogP contribution in [-0.4, -0.2) is 18.5 Å². The number of hydrogen-bond acceptors (Lipinski definition) is 2. The first-order valence-corrected chi connectivity index (χ1v) is 5.50. The number of ketones is 1. The van der Waals surface area contributed by atoms with Crippen molar-refractivity contribution >= 4 is 5.78 Å². The Morgan fingerprint density at radius 1 is 1.15 bits per heavy atom. The molecule has 2 heteroatoms. The number of carbonyl (C=O) groups is 1. The largest absolute Gasteiger partial charge is 0.370 e. The van der Waals surface area contributed by atoms with Crippen LogP contribution in [0.1, 0.15) is 44.9 Å². The molecule has 1 aliphatic heterocycles. The Bertz CT molecular complexity index is 177. The first-order chi connectivity index (χ1) is 6.36. The summed E-state index contributed by atoms with van der Waals surface area (Å²) in [6.07, 6.45) is 7.95. The lowest BCUT2D eigenvalue weighted by Crippen LogP contribution is -2.21. The summed E-state index contributed by atoms with van der Waals surface area (Å²) >= 11 is 0. The van der Waals surface area contributed by atoms with Gasteiger partial charge in [0.15, 0.2) is 5.78 Å². The van der Waals surface area contributed by atoms with Gasteiger partial charge in [0, 0.05) is 13.0 Å². The number of ether oxygens (including phenoxy) is 1. The minimum absolute atomic E-state index is 0.0411. The highest BCUT2D eigenvalue weighted by molar-refractivity contribution is 5.83. The van der Waals surface area contributed by atoms with Gasteiger partial charge in [0.1, 0.15) is 6.10 Å². The SMILES string of the molecule is O=C(CC1CCCC1)C1CCCO1. The molecule has 2 nitrogen and oxygen atoms in total. The lowest BCUT2D eigenvalue weighted by atomic mass is 9.97. The standard InChI is InChI=1S/C11H18O2/c12-10(11-6-3-7-13-11)8-9-4-1-2-5-9/h9,11H,1-8H2. The number of hydrogen-bond donors (Lipinski definition) is 0. The van der Waals surface area contributed by atoms with Crippen LogP contribution >= 0.6 is 0 Å². The average molecular weight is 182 g/mol. The molecule has 1 heterocycles. The molecule has 2 aliphatic rings. The fraction of sp³-hybridized carbons (Fsp3) is 0.909. The van der Waals surface area contributed by atoms with Crippen LogP contribution in [-0.2, 0) is 9.53 Å². The van der Waals surface area contributed by atoms with Crippen LogP contribution in [0, 0.1) is 5.92 Å². The van der Waals surface area contributed by atoms with Gasteiger partial charge in [0.25, 0.3) is 0 Å². The highest BCUT2D eigenvalue weighted by atomic mass is 16.5.